The molecule has 0 aliphatic carbocycles. The maximum atomic E-state index is 5.46. The summed E-state index contributed by atoms with van der Waals surface area (Å²) in [6, 6.07) is 14.7. The average Bonchev–Trinajstić information content (AvgIpc) is 2.76. The Morgan fingerprint density at radius 3 is 2.71 bits per heavy atom. The first kappa shape index (κ1) is 20.1. The summed E-state index contributed by atoms with van der Waals surface area (Å²) in [5.41, 5.74) is 2.52. The van der Waals surface area contributed by atoms with E-state index in [2.05, 4.69) is 63.8 Å². The molecular formula is C22H31N5O. The van der Waals surface area contributed by atoms with Crippen molar-refractivity contribution in [2.24, 2.45) is 4.99 Å². The Kier molecular flexibility index (Phi) is 8.12. The zero-order valence-corrected chi connectivity index (χ0v) is 16.7. The fraction of sp³-hybridized carbons (Fsp3) is 0.455. The van der Waals surface area contributed by atoms with Crippen molar-refractivity contribution in [3.05, 3.63) is 59.8 Å². The number of aromatic nitrogens is 1. The van der Waals surface area contributed by atoms with Gasteiger partial charge in [0.15, 0.2) is 5.96 Å². The number of pyridine rings is 1. The molecule has 6 nitrogen and oxygen atoms in total. The zero-order valence-electron chi connectivity index (χ0n) is 16.7. The first-order valence-corrected chi connectivity index (χ1v) is 10.2. The third-order valence-corrected chi connectivity index (χ3v) is 4.71. The van der Waals surface area contributed by atoms with E-state index in [1.807, 2.05) is 12.3 Å². The van der Waals surface area contributed by atoms with Gasteiger partial charge in [-0.2, -0.15) is 0 Å². The summed E-state index contributed by atoms with van der Waals surface area (Å²) in [7, 11) is 0. The number of guanidine groups is 1. The molecule has 1 aliphatic rings. The lowest BCUT2D eigenvalue weighted by atomic mass is 10.1. The van der Waals surface area contributed by atoms with Crippen LogP contribution in [-0.4, -0.2) is 50.3 Å². The van der Waals surface area contributed by atoms with Crippen molar-refractivity contribution >= 4 is 11.8 Å². The highest BCUT2D eigenvalue weighted by Gasteiger charge is 2.15. The first-order chi connectivity index (χ1) is 13.9. The van der Waals surface area contributed by atoms with E-state index in [0.717, 1.165) is 69.6 Å². The number of rotatable bonds is 8. The topological polar surface area (TPSA) is 61.8 Å². The predicted octanol–water partition coefficient (Wildman–Crippen LogP) is 2.61. The minimum absolute atomic E-state index is 0.606. The number of benzene rings is 1. The summed E-state index contributed by atoms with van der Waals surface area (Å²) >= 11 is 0. The average molecular weight is 382 g/mol. The lowest BCUT2D eigenvalue weighted by Crippen LogP contribution is -2.38. The van der Waals surface area contributed by atoms with Crippen LogP contribution >= 0.6 is 0 Å². The largest absolute Gasteiger partial charge is 0.378 e. The second kappa shape index (κ2) is 11.3. The minimum atomic E-state index is 0.606. The number of aliphatic imine (C=N–C) groups is 1. The Hall–Kier alpha value is -2.60. The van der Waals surface area contributed by atoms with Gasteiger partial charge in [0, 0.05) is 37.9 Å². The predicted molar refractivity (Wildman–Crippen MR) is 115 cm³/mol. The molecule has 0 bridgehead atoms. The van der Waals surface area contributed by atoms with Gasteiger partial charge in [0.05, 0.1) is 19.8 Å². The van der Waals surface area contributed by atoms with E-state index in [0.29, 0.717) is 6.54 Å². The van der Waals surface area contributed by atoms with Crippen LogP contribution in [0.2, 0.25) is 0 Å². The van der Waals surface area contributed by atoms with E-state index < -0.39 is 0 Å². The number of aryl methyl sites for hydroxylation is 1. The van der Waals surface area contributed by atoms with Crippen LogP contribution in [-0.2, 0) is 17.7 Å². The van der Waals surface area contributed by atoms with Crippen LogP contribution in [0.3, 0.4) is 0 Å². The lowest BCUT2D eigenvalue weighted by Gasteiger charge is -2.29. The van der Waals surface area contributed by atoms with Crippen LogP contribution in [0.5, 0.6) is 0 Å². The van der Waals surface area contributed by atoms with Gasteiger partial charge >= 0.3 is 0 Å². The van der Waals surface area contributed by atoms with E-state index in [9.17, 15) is 0 Å². The number of nitrogens with one attached hydrogen (secondary N) is 2. The highest BCUT2D eigenvalue weighted by molar-refractivity contribution is 5.79. The molecule has 2 heterocycles. The van der Waals surface area contributed by atoms with E-state index in [1.165, 1.54) is 5.56 Å². The SMILES string of the molecule is CCNC(=NCc1cccnc1N1CCOCC1)NCCCc1ccccc1. The Bertz CT molecular complexity index is 729. The second-order valence-electron chi connectivity index (χ2n) is 6.80. The van der Waals surface area contributed by atoms with Crippen molar-refractivity contribution in [2.75, 3.05) is 44.3 Å². The summed E-state index contributed by atoms with van der Waals surface area (Å²) in [6.07, 6.45) is 3.99. The Balaban J connectivity index is 1.55. The molecule has 0 unspecified atom stereocenters. The minimum Gasteiger partial charge on any atom is -0.378 e. The molecule has 0 saturated carbocycles. The number of anilines is 1. The smallest absolute Gasteiger partial charge is 0.191 e. The molecule has 1 saturated heterocycles. The highest BCUT2D eigenvalue weighted by atomic mass is 16.5. The summed E-state index contributed by atoms with van der Waals surface area (Å²) in [5.74, 6) is 1.88. The maximum Gasteiger partial charge on any atom is 0.191 e. The summed E-state index contributed by atoms with van der Waals surface area (Å²) in [4.78, 5) is 11.7. The van der Waals surface area contributed by atoms with E-state index in [-0.39, 0.29) is 0 Å². The van der Waals surface area contributed by atoms with Gasteiger partial charge in [-0.25, -0.2) is 9.98 Å². The molecule has 0 atom stereocenters. The van der Waals surface area contributed by atoms with Crippen LogP contribution in [0.25, 0.3) is 0 Å². The van der Waals surface area contributed by atoms with E-state index in [4.69, 9.17) is 9.73 Å². The molecule has 2 aromatic rings. The number of hydrogen-bond donors (Lipinski definition) is 2. The van der Waals surface area contributed by atoms with Gasteiger partial charge in [0.1, 0.15) is 5.82 Å². The zero-order chi connectivity index (χ0) is 19.4. The van der Waals surface area contributed by atoms with Crippen molar-refractivity contribution < 1.29 is 4.74 Å². The van der Waals surface area contributed by atoms with Crippen LogP contribution in [0.15, 0.2) is 53.7 Å². The molecule has 150 valence electrons. The Morgan fingerprint density at radius 1 is 1.11 bits per heavy atom. The van der Waals surface area contributed by atoms with Gasteiger partial charge in [-0.1, -0.05) is 36.4 Å². The molecular weight excluding hydrogens is 350 g/mol. The van der Waals surface area contributed by atoms with Crippen molar-refractivity contribution in [1.29, 1.82) is 0 Å². The molecule has 0 radical (unpaired) electrons. The van der Waals surface area contributed by atoms with Crippen molar-refractivity contribution in [2.45, 2.75) is 26.3 Å². The van der Waals surface area contributed by atoms with Crippen LogP contribution < -0.4 is 15.5 Å². The van der Waals surface area contributed by atoms with Gasteiger partial charge in [0.25, 0.3) is 0 Å². The molecule has 1 aliphatic heterocycles. The van der Waals surface area contributed by atoms with Crippen LogP contribution in [0, 0.1) is 0 Å². The summed E-state index contributed by atoms with van der Waals surface area (Å²) < 4.78 is 5.46. The standard InChI is InChI=1S/C22H31N5O/c1-2-23-22(25-13-6-10-19-8-4-3-5-9-19)26-18-20-11-7-12-24-21(20)27-14-16-28-17-15-27/h3-5,7-9,11-12H,2,6,10,13-18H2,1H3,(H2,23,25,26). The molecule has 1 aromatic heterocycles. The third kappa shape index (κ3) is 6.23. The van der Waals surface area contributed by atoms with Gasteiger partial charge in [-0.15, -0.1) is 0 Å². The summed E-state index contributed by atoms with van der Waals surface area (Å²) in [6.45, 7) is 7.70. The van der Waals surface area contributed by atoms with Gasteiger partial charge in [-0.3, -0.25) is 0 Å². The van der Waals surface area contributed by atoms with Crippen LogP contribution in [0.1, 0.15) is 24.5 Å². The quantitative estimate of drug-likeness (QED) is 0.418. The molecule has 1 aromatic carbocycles. The van der Waals surface area contributed by atoms with Gasteiger partial charge in [-0.05, 0) is 31.4 Å². The molecule has 6 heteroatoms. The number of morpholine rings is 1. The fourth-order valence-electron chi connectivity index (χ4n) is 3.26. The normalized spacial score (nSPS) is 14.8. The van der Waals surface area contributed by atoms with E-state index >= 15 is 0 Å². The lowest BCUT2D eigenvalue weighted by molar-refractivity contribution is 0.122. The van der Waals surface area contributed by atoms with Crippen molar-refractivity contribution in [3.63, 3.8) is 0 Å². The molecule has 0 amide bonds. The molecule has 2 N–H and O–H groups in total. The Morgan fingerprint density at radius 2 is 1.93 bits per heavy atom. The molecule has 1 fully saturated rings. The molecule has 3 rings (SSSR count). The number of ether oxygens (including phenoxy) is 1. The van der Waals surface area contributed by atoms with Gasteiger partial charge in [0.2, 0.25) is 0 Å². The number of nitrogens with zero attached hydrogens (tertiary/aromatic N) is 3. The van der Waals surface area contributed by atoms with E-state index in [1.54, 1.807) is 0 Å². The molecule has 0 spiro atoms. The van der Waals surface area contributed by atoms with Gasteiger partial charge < -0.3 is 20.3 Å². The third-order valence-electron chi connectivity index (χ3n) is 4.71. The molecule has 28 heavy (non-hydrogen) atoms. The maximum absolute atomic E-state index is 5.46. The number of hydrogen-bond acceptors (Lipinski definition) is 4. The van der Waals surface area contributed by atoms with Crippen LogP contribution in [0.4, 0.5) is 5.82 Å². The Labute approximate surface area is 168 Å². The highest BCUT2D eigenvalue weighted by Crippen LogP contribution is 2.19. The monoisotopic (exact) mass is 381 g/mol. The fourth-order valence-corrected chi connectivity index (χ4v) is 3.26. The van der Waals surface area contributed by atoms with Crippen molar-refractivity contribution in [3.8, 4) is 0 Å². The summed E-state index contributed by atoms with van der Waals surface area (Å²) in [5, 5.41) is 6.78. The van der Waals surface area contributed by atoms with Crippen molar-refractivity contribution in [1.82, 2.24) is 15.6 Å². The first-order valence-electron chi connectivity index (χ1n) is 10.2. The second-order valence-corrected chi connectivity index (χ2v) is 6.80.